The minimum absolute atomic E-state index is 0.0530. The molecule has 3 heteroatoms. The number of carbonyl (C=O) groups excluding carboxylic acids is 1. The number of rotatable bonds is 7. The highest BCUT2D eigenvalue weighted by molar-refractivity contribution is 5.97. The smallest absolute Gasteiger partial charge is 0.163 e. The predicted molar refractivity (Wildman–Crippen MR) is 132 cm³/mol. The molecule has 4 rings (SSSR count). The molecular weight excluding hydrogens is 394 g/mol. The highest BCUT2D eigenvalue weighted by Gasteiger charge is 2.28. The van der Waals surface area contributed by atoms with Crippen LogP contribution in [-0.2, 0) is 0 Å². The van der Waals surface area contributed by atoms with Crippen molar-refractivity contribution in [2.75, 3.05) is 7.11 Å². The van der Waals surface area contributed by atoms with Gasteiger partial charge in [0.15, 0.2) is 5.78 Å². The van der Waals surface area contributed by atoms with Gasteiger partial charge in [-0.3, -0.25) is 4.79 Å². The molecule has 0 amide bonds. The maximum absolute atomic E-state index is 13.4. The molecule has 0 N–H and O–H groups in total. The maximum Gasteiger partial charge on any atom is 0.163 e. The lowest BCUT2D eigenvalue weighted by Crippen LogP contribution is -2.16. The zero-order chi connectivity index (χ0) is 22.8. The lowest BCUT2D eigenvalue weighted by molar-refractivity contribution is 0.0976. The van der Waals surface area contributed by atoms with Crippen molar-refractivity contribution in [3.63, 3.8) is 0 Å². The summed E-state index contributed by atoms with van der Waals surface area (Å²) in [5.74, 6) is 0.921. The second-order valence-electron chi connectivity index (χ2n) is 8.76. The fraction of sp³-hybridized carbons (Fsp3) is 0.276. The first-order valence-electron chi connectivity index (χ1n) is 11.2. The topological polar surface area (TPSA) is 31.2 Å². The molecule has 0 aliphatic rings. The SMILES string of the molecule is COc1ccc(C(CC(=O)c2ccccc2)c2c(C)c3c(C)cccc3n2C(C)C)cc1. The van der Waals surface area contributed by atoms with Crippen molar-refractivity contribution >= 4 is 16.7 Å². The number of aromatic nitrogens is 1. The van der Waals surface area contributed by atoms with E-state index in [1.54, 1.807) is 7.11 Å². The van der Waals surface area contributed by atoms with Crippen molar-refractivity contribution in [1.29, 1.82) is 0 Å². The quantitative estimate of drug-likeness (QED) is 0.292. The normalized spacial score (nSPS) is 12.3. The summed E-state index contributed by atoms with van der Waals surface area (Å²) < 4.78 is 7.80. The first-order valence-corrected chi connectivity index (χ1v) is 11.2. The summed E-state index contributed by atoms with van der Waals surface area (Å²) in [6.07, 6.45) is 0.416. The minimum Gasteiger partial charge on any atom is -0.497 e. The second-order valence-corrected chi connectivity index (χ2v) is 8.76. The van der Waals surface area contributed by atoms with Gasteiger partial charge >= 0.3 is 0 Å². The van der Waals surface area contributed by atoms with Crippen LogP contribution in [0.15, 0.2) is 72.8 Å². The summed E-state index contributed by atoms with van der Waals surface area (Å²) >= 11 is 0. The number of hydrogen-bond acceptors (Lipinski definition) is 2. The van der Waals surface area contributed by atoms with E-state index >= 15 is 0 Å². The van der Waals surface area contributed by atoms with Crippen LogP contribution in [0.2, 0.25) is 0 Å². The van der Waals surface area contributed by atoms with Gasteiger partial charge in [0, 0.05) is 40.5 Å². The van der Waals surface area contributed by atoms with Gasteiger partial charge in [0.1, 0.15) is 5.75 Å². The molecule has 1 heterocycles. The van der Waals surface area contributed by atoms with Crippen molar-refractivity contribution in [3.05, 3.63) is 101 Å². The molecule has 0 bridgehead atoms. The number of carbonyl (C=O) groups is 1. The average Bonchev–Trinajstić information content (AvgIpc) is 3.11. The van der Waals surface area contributed by atoms with Crippen LogP contribution >= 0.6 is 0 Å². The first kappa shape index (κ1) is 21.9. The Kier molecular flexibility index (Phi) is 6.18. The van der Waals surface area contributed by atoms with E-state index in [4.69, 9.17) is 4.74 Å². The van der Waals surface area contributed by atoms with E-state index in [-0.39, 0.29) is 17.7 Å². The third-order valence-electron chi connectivity index (χ3n) is 6.38. The molecule has 0 radical (unpaired) electrons. The third-order valence-corrected chi connectivity index (χ3v) is 6.38. The van der Waals surface area contributed by atoms with Crippen LogP contribution in [-0.4, -0.2) is 17.5 Å². The van der Waals surface area contributed by atoms with E-state index in [0.717, 1.165) is 16.9 Å². The number of ketones is 1. The molecule has 0 aliphatic heterocycles. The molecule has 3 aromatic carbocycles. The van der Waals surface area contributed by atoms with Gasteiger partial charge in [0.05, 0.1) is 7.11 Å². The Balaban J connectivity index is 1.92. The zero-order valence-electron chi connectivity index (χ0n) is 19.6. The lowest BCUT2D eigenvalue weighted by Gasteiger charge is -2.24. The molecule has 164 valence electrons. The molecule has 32 heavy (non-hydrogen) atoms. The minimum atomic E-state index is -0.0530. The Labute approximate surface area is 190 Å². The number of hydrogen-bond donors (Lipinski definition) is 0. The van der Waals surface area contributed by atoms with Gasteiger partial charge in [-0.25, -0.2) is 0 Å². The highest BCUT2D eigenvalue weighted by Crippen LogP contribution is 2.40. The van der Waals surface area contributed by atoms with Crippen LogP contribution in [0, 0.1) is 13.8 Å². The van der Waals surface area contributed by atoms with Crippen LogP contribution in [0.1, 0.15) is 65.0 Å². The summed E-state index contributed by atoms with van der Waals surface area (Å²) in [5.41, 5.74) is 6.86. The summed E-state index contributed by atoms with van der Waals surface area (Å²) in [6.45, 7) is 8.80. The molecule has 1 atom stereocenters. The highest BCUT2D eigenvalue weighted by atomic mass is 16.5. The Morgan fingerprint density at radius 2 is 1.59 bits per heavy atom. The Bertz CT molecular complexity index is 1230. The van der Waals surface area contributed by atoms with Gasteiger partial charge in [0.2, 0.25) is 0 Å². The molecule has 4 aromatic rings. The number of ether oxygens (including phenoxy) is 1. The summed E-state index contributed by atoms with van der Waals surface area (Å²) in [6, 6.07) is 24.5. The van der Waals surface area contributed by atoms with Crippen molar-refractivity contribution in [1.82, 2.24) is 4.57 Å². The molecule has 1 aromatic heterocycles. The number of benzene rings is 3. The summed E-state index contributed by atoms with van der Waals surface area (Å²) in [5, 5.41) is 1.29. The number of nitrogens with zero attached hydrogens (tertiary/aromatic N) is 1. The summed E-state index contributed by atoms with van der Waals surface area (Å²) in [4.78, 5) is 13.4. The van der Waals surface area contributed by atoms with Gasteiger partial charge in [0.25, 0.3) is 0 Å². The van der Waals surface area contributed by atoms with Gasteiger partial charge < -0.3 is 9.30 Å². The van der Waals surface area contributed by atoms with E-state index in [0.29, 0.717) is 6.42 Å². The van der Waals surface area contributed by atoms with Gasteiger partial charge in [-0.2, -0.15) is 0 Å². The monoisotopic (exact) mass is 425 g/mol. The molecule has 3 nitrogen and oxygen atoms in total. The predicted octanol–water partition coefficient (Wildman–Crippen LogP) is 7.25. The first-order chi connectivity index (χ1) is 15.4. The van der Waals surface area contributed by atoms with Crippen molar-refractivity contribution in [2.24, 2.45) is 0 Å². The van der Waals surface area contributed by atoms with E-state index in [9.17, 15) is 4.79 Å². The standard InChI is InChI=1S/C29H31NO2/c1-19(2)30-26-13-9-10-20(3)28(26)21(4)29(30)25(22-14-16-24(32-5)17-15-22)18-27(31)23-11-7-6-8-12-23/h6-17,19,25H,18H2,1-5H3. The van der Waals surface area contributed by atoms with Crippen LogP contribution < -0.4 is 4.74 Å². The van der Waals surface area contributed by atoms with E-state index in [2.05, 4.69) is 62.6 Å². The van der Waals surface area contributed by atoms with Crippen molar-refractivity contribution < 1.29 is 9.53 Å². The molecular formula is C29H31NO2. The fourth-order valence-electron chi connectivity index (χ4n) is 4.90. The lowest BCUT2D eigenvalue weighted by atomic mass is 9.86. The van der Waals surface area contributed by atoms with Gasteiger partial charge in [-0.15, -0.1) is 0 Å². The average molecular weight is 426 g/mol. The van der Waals surface area contributed by atoms with Crippen LogP contribution in [0.25, 0.3) is 10.9 Å². The van der Waals surface area contributed by atoms with Gasteiger partial charge in [-0.05, 0) is 62.6 Å². The Morgan fingerprint density at radius 1 is 0.906 bits per heavy atom. The zero-order valence-corrected chi connectivity index (χ0v) is 19.6. The molecule has 1 unspecified atom stereocenters. The third kappa shape index (κ3) is 3.95. The molecule has 0 fully saturated rings. The van der Waals surface area contributed by atoms with Gasteiger partial charge in [-0.1, -0.05) is 54.6 Å². The van der Waals surface area contributed by atoms with Crippen LogP contribution in [0.4, 0.5) is 0 Å². The Morgan fingerprint density at radius 3 is 2.22 bits per heavy atom. The fourth-order valence-corrected chi connectivity index (χ4v) is 4.90. The number of methoxy groups -OCH3 is 1. The number of aryl methyl sites for hydroxylation is 2. The maximum atomic E-state index is 13.4. The molecule has 0 saturated carbocycles. The van der Waals surface area contributed by atoms with Crippen molar-refractivity contribution in [3.8, 4) is 5.75 Å². The molecule has 0 saturated heterocycles. The van der Waals surface area contributed by atoms with E-state index in [1.807, 2.05) is 42.5 Å². The number of fused-ring (bicyclic) bond motifs is 1. The second kappa shape index (κ2) is 9.04. The summed E-state index contributed by atoms with van der Waals surface area (Å²) in [7, 11) is 1.68. The molecule has 0 spiro atoms. The largest absolute Gasteiger partial charge is 0.497 e. The van der Waals surface area contributed by atoms with Crippen LogP contribution in [0.5, 0.6) is 5.75 Å². The number of Topliss-reactive ketones (excluding diaryl/α,β-unsaturated/α-hetero) is 1. The van der Waals surface area contributed by atoms with E-state index < -0.39 is 0 Å². The van der Waals surface area contributed by atoms with Crippen molar-refractivity contribution in [2.45, 2.75) is 46.1 Å². The molecule has 0 aliphatic carbocycles. The van der Waals surface area contributed by atoms with Crippen LogP contribution in [0.3, 0.4) is 0 Å². The van der Waals surface area contributed by atoms with E-state index in [1.165, 1.54) is 27.7 Å². The Hall–Kier alpha value is -3.33.